The molecule has 2 aliphatic rings. The van der Waals surface area contributed by atoms with Crippen molar-refractivity contribution in [3.63, 3.8) is 0 Å². The summed E-state index contributed by atoms with van der Waals surface area (Å²) in [4.78, 5) is 39.7. The van der Waals surface area contributed by atoms with Crippen LogP contribution in [-0.2, 0) is 23.9 Å². The van der Waals surface area contributed by atoms with Gasteiger partial charge in [0.2, 0.25) is 5.78 Å². The van der Waals surface area contributed by atoms with Gasteiger partial charge in [-0.1, -0.05) is 19.9 Å². The van der Waals surface area contributed by atoms with E-state index in [9.17, 15) is 19.5 Å². The lowest BCUT2D eigenvalue weighted by molar-refractivity contribution is -0.174. The molecule has 3 unspecified atom stereocenters. The molecule has 0 aliphatic carbocycles. The molecule has 7 nitrogen and oxygen atoms in total. The predicted octanol–water partition coefficient (Wildman–Crippen LogP) is 0.699. The Bertz CT molecular complexity index is 582. The lowest BCUT2D eigenvalue weighted by Crippen LogP contribution is -2.48. The van der Waals surface area contributed by atoms with Crippen LogP contribution in [-0.4, -0.2) is 66.2 Å². The summed E-state index contributed by atoms with van der Waals surface area (Å²) < 4.78 is 10.7. The van der Waals surface area contributed by atoms with Gasteiger partial charge in [0.05, 0.1) is 5.92 Å². The third-order valence-electron chi connectivity index (χ3n) is 5.29. The third-order valence-corrected chi connectivity index (χ3v) is 5.29. The fourth-order valence-electron chi connectivity index (χ4n) is 3.19. The van der Waals surface area contributed by atoms with Gasteiger partial charge in [0.1, 0.15) is 6.61 Å². The summed E-state index contributed by atoms with van der Waals surface area (Å²) in [6, 6.07) is 0. The van der Waals surface area contributed by atoms with E-state index in [1.165, 1.54) is 6.92 Å². The van der Waals surface area contributed by atoms with E-state index in [1.807, 2.05) is 11.9 Å². The monoisotopic (exact) mass is 353 g/mol. The molecule has 1 N–H and O–H groups in total. The maximum Gasteiger partial charge on any atom is 0.338 e. The number of ether oxygens (including phenoxy) is 2. The highest BCUT2D eigenvalue weighted by Crippen LogP contribution is 2.31. The molecule has 0 saturated carbocycles. The van der Waals surface area contributed by atoms with Crippen LogP contribution in [0.2, 0.25) is 0 Å². The molecule has 0 radical (unpaired) electrons. The molecule has 0 aromatic rings. The van der Waals surface area contributed by atoms with Gasteiger partial charge in [-0.25, -0.2) is 4.79 Å². The molecule has 25 heavy (non-hydrogen) atoms. The van der Waals surface area contributed by atoms with Crippen LogP contribution in [0, 0.1) is 11.8 Å². The lowest BCUT2D eigenvalue weighted by Gasteiger charge is -2.32. The van der Waals surface area contributed by atoms with Gasteiger partial charge in [-0.2, -0.15) is 0 Å². The molecule has 4 atom stereocenters. The van der Waals surface area contributed by atoms with Gasteiger partial charge in [0.25, 0.3) is 0 Å². The maximum atomic E-state index is 12.7. The summed E-state index contributed by atoms with van der Waals surface area (Å²) in [5.41, 5.74) is -1.55. The van der Waals surface area contributed by atoms with Crippen LogP contribution in [0.3, 0.4) is 0 Å². The number of likely N-dealkylation sites (N-methyl/N-ethyl adjacent to an activating group) is 1. The summed E-state index contributed by atoms with van der Waals surface area (Å²) >= 11 is 0. The summed E-state index contributed by atoms with van der Waals surface area (Å²) in [5, 5.41) is 10.6. The molecule has 140 valence electrons. The van der Waals surface area contributed by atoms with E-state index in [-0.39, 0.29) is 18.0 Å². The predicted molar refractivity (Wildman–Crippen MR) is 89.6 cm³/mol. The van der Waals surface area contributed by atoms with Crippen molar-refractivity contribution in [1.29, 1.82) is 0 Å². The zero-order valence-electron chi connectivity index (χ0n) is 15.3. The van der Waals surface area contributed by atoms with Gasteiger partial charge in [0, 0.05) is 31.0 Å². The van der Waals surface area contributed by atoms with Gasteiger partial charge in [-0.15, -0.1) is 0 Å². The first kappa shape index (κ1) is 19.6. The number of carbonyl (C=O) groups is 3. The number of Topliss-reactive ketones (excluding diaryl/α,β-unsaturated/α-hetero) is 1. The van der Waals surface area contributed by atoms with Crippen molar-refractivity contribution in [2.75, 3.05) is 26.7 Å². The zero-order chi connectivity index (χ0) is 18.8. The van der Waals surface area contributed by atoms with E-state index in [4.69, 9.17) is 9.47 Å². The van der Waals surface area contributed by atoms with Crippen molar-refractivity contribution < 1.29 is 29.0 Å². The van der Waals surface area contributed by atoms with Crippen LogP contribution < -0.4 is 0 Å². The molecule has 7 heteroatoms. The molecule has 2 rings (SSSR count). The number of nitrogens with zero attached hydrogens (tertiary/aromatic N) is 1. The van der Waals surface area contributed by atoms with E-state index in [0.29, 0.717) is 25.9 Å². The minimum Gasteiger partial charge on any atom is -0.459 e. The molecular formula is C18H27NO6. The fraction of sp³-hybridized carbons (Fsp3) is 0.722. The van der Waals surface area contributed by atoms with Crippen molar-refractivity contribution in [2.45, 2.75) is 45.3 Å². The van der Waals surface area contributed by atoms with E-state index in [0.717, 1.165) is 0 Å². The smallest absolute Gasteiger partial charge is 0.338 e. The Morgan fingerprint density at radius 1 is 1.36 bits per heavy atom. The van der Waals surface area contributed by atoms with Gasteiger partial charge in [-0.3, -0.25) is 9.59 Å². The number of cyclic esters (lactones) is 1. The average molecular weight is 353 g/mol. The number of ketones is 1. The zero-order valence-corrected chi connectivity index (χ0v) is 15.3. The molecule has 2 aliphatic heterocycles. The highest BCUT2D eigenvalue weighted by Gasteiger charge is 2.46. The molecule has 0 amide bonds. The van der Waals surface area contributed by atoms with Crippen LogP contribution in [0.1, 0.15) is 33.6 Å². The maximum absolute atomic E-state index is 12.7. The molecular weight excluding hydrogens is 326 g/mol. The Morgan fingerprint density at radius 3 is 2.68 bits per heavy atom. The van der Waals surface area contributed by atoms with Gasteiger partial charge in [-0.05, 0) is 20.4 Å². The number of hydrogen-bond acceptors (Lipinski definition) is 7. The second-order valence-electron chi connectivity index (χ2n) is 7.10. The SMILES string of the molecule is CCC1C(=O)O[C@@H]2CCN(C)C/C=C(/COC(=O)C(C)(O)C1C)C2=O. The Labute approximate surface area is 148 Å². The summed E-state index contributed by atoms with van der Waals surface area (Å²) in [5.74, 6) is -3.14. The number of aliphatic hydroxyl groups is 1. The van der Waals surface area contributed by atoms with E-state index >= 15 is 0 Å². The summed E-state index contributed by atoms with van der Waals surface area (Å²) in [7, 11) is 1.90. The van der Waals surface area contributed by atoms with Gasteiger partial charge >= 0.3 is 11.9 Å². The van der Waals surface area contributed by atoms with Crippen molar-refractivity contribution in [2.24, 2.45) is 11.8 Å². The summed E-state index contributed by atoms with van der Waals surface area (Å²) in [6.07, 6.45) is 1.55. The Kier molecular flexibility index (Phi) is 6.00. The van der Waals surface area contributed by atoms with Crippen LogP contribution in [0.25, 0.3) is 0 Å². The molecule has 0 aromatic carbocycles. The molecule has 0 spiro atoms. The Hall–Kier alpha value is -1.73. The lowest BCUT2D eigenvalue weighted by atomic mass is 9.79. The molecule has 0 aromatic heterocycles. The first-order valence-electron chi connectivity index (χ1n) is 8.70. The Morgan fingerprint density at radius 2 is 2.04 bits per heavy atom. The quantitative estimate of drug-likeness (QED) is 0.694. The van der Waals surface area contributed by atoms with Crippen LogP contribution in [0.15, 0.2) is 11.6 Å². The topological polar surface area (TPSA) is 93.1 Å². The highest BCUT2D eigenvalue weighted by molar-refractivity contribution is 6.00. The van der Waals surface area contributed by atoms with Crippen molar-refractivity contribution in [3.05, 3.63) is 11.6 Å². The van der Waals surface area contributed by atoms with Crippen LogP contribution in [0.4, 0.5) is 0 Å². The van der Waals surface area contributed by atoms with Crippen LogP contribution in [0.5, 0.6) is 0 Å². The molecule has 2 bridgehead atoms. The third kappa shape index (κ3) is 4.10. The number of esters is 2. The second kappa shape index (κ2) is 7.66. The van der Waals surface area contributed by atoms with Crippen molar-refractivity contribution in [1.82, 2.24) is 4.90 Å². The normalized spacial score (nSPS) is 37.7. The van der Waals surface area contributed by atoms with Gasteiger partial charge < -0.3 is 19.5 Å². The molecule has 1 fully saturated rings. The molecule has 2 heterocycles. The van der Waals surface area contributed by atoms with Gasteiger partial charge in [0.15, 0.2) is 11.7 Å². The van der Waals surface area contributed by atoms with E-state index < -0.39 is 35.5 Å². The first-order valence-corrected chi connectivity index (χ1v) is 8.70. The van der Waals surface area contributed by atoms with Crippen molar-refractivity contribution >= 4 is 17.7 Å². The largest absolute Gasteiger partial charge is 0.459 e. The van der Waals surface area contributed by atoms with E-state index in [1.54, 1.807) is 19.9 Å². The van der Waals surface area contributed by atoms with Crippen LogP contribution >= 0.6 is 0 Å². The first-order chi connectivity index (χ1) is 11.7. The summed E-state index contributed by atoms with van der Waals surface area (Å²) in [6.45, 7) is 5.64. The van der Waals surface area contributed by atoms with E-state index in [2.05, 4.69) is 0 Å². The number of hydrogen-bond donors (Lipinski definition) is 1. The highest BCUT2D eigenvalue weighted by atomic mass is 16.6. The standard InChI is InChI=1S/C18H27NO6/c1-5-13-11(2)18(3,23)17(22)24-10-12-6-8-19(4)9-7-14(15(12)20)25-16(13)21/h6,11,13-14,23H,5,7-10H2,1-4H3/b12-6-/t11?,13?,14-,18?/m1/s1. The molecule has 1 saturated heterocycles. The minimum absolute atomic E-state index is 0.237. The Balaban J connectivity index is 2.43. The van der Waals surface area contributed by atoms with Crippen molar-refractivity contribution in [3.8, 4) is 0 Å². The second-order valence-corrected chi connectivity index (χ2v) is 7.10. The number of carbonyl (C=O) groups excluding carboxylic acids is 3. The average Bonchev–Trinajstić information content (AvgIpc) is 2.57. The number of rotatable bonds is 1. The minimum atomic E-state index is -1.84. The number of fused-ring (bicyclic) bond motifs is 2. The fourth-order valence-corrected chi connectivity index (χ4v) is 3.19.